The number of aryl methyl sites for hydroxylation is 1. The number of nitrogens with one attached hydrogen (secondary N) is 2. The molecule has 2 amide bonds. The van der Waals surface area contributed by atoms with E-state index in [1.54, 1.807) is 0 Å². The first-order valence-corrected chi connectivity index (χ1v) is 18.1. The molecule has 0 saturated carbocycles. The monoisotopic (exact) mass is 842 g/mol. The number of hydrogen-bond donors (Lipinski definition) is 10. The lowest BCUT2D eigenvalue weighted by molar-refractivity contribution is -0.233. The smallest absolute Gasteiger partial charge is 0.332 e. The Morgan fingerprint density at radius 3 is 1.85 bits per heavy atom. The Balaban J connectivity index is 1.44. The van der Waals surface area contributed by atoms with Crippen LogP contribution in [-0.2, 0) is 38.1 Å². The zero-order chi connectivity index (χ0) is 44.0. The van der Waals surface area contributed by atoms with E-state index in [-0.39, 0.29) is 17.7 Å². The van der Waals surface area contributed by atoms with Crippen LogP contribution in [-0.4, -0.2) is 146 Å². The van der Waals surface area contributed by atoms with Crippen molar-refractivity contribution in [2.75, 3.05) is 33.5 Å². The maximum Gasteiger partial charge on any atom is 0.332 e. The van der Waals surface area contributed by atoms with E-state index < -0.39 is 150 Å². The molecule has 8 atom stereocenters. The van der Waals surface area contributed by atoms with Crippen molar-refractivity contribution in [1.82, 2.24) is 10.6 Å². The zero-order valence-corrected chi connectivity index (χ0v) is 31.8. The number of phenols is 5. The number of para-hydroxylation sites is 2. The first-order valence-electron chi connectivity index (χ1n) is 18.1. The number of amides is 2. The molecule has 0 radical (unpaired) electrons. The third-order valence-electron chi connectivity index (χ3n) is 9.68. The molecule has 3 aromatic carbocycles. The van der Waals surface area contributed by atoms with Crippen LogP contribution < -0.4 is 10.6 Å². The lowest BCUT2D eigenvalue weighted by Gasteiger charge is -2.40. The fourth-order valence-corrected chi connectivity index (χ4v) is 6.29. The highest BCUT2D eigenvalue weighted by Crippen LogP contribution is 2.39. The van der Waals surface area contributed by atoms with Gasteiger partial charge in [0, 0.05) is 13.5 Å². The van der Waals surface area contributed by atoms with Gasteiger partial charge in [-0.05, 0) is 48.4 Å². The molecular formula is C39H42N2O19. The first-order chi connectivity index (χ1) is 28.4. The third-order valence-corrected chi connectivity index (χ3v) is 9.68. The van der Waals surface area contributed by atoms with Gasteiger partial charge in [0.15, 0.2) is 40.9 Å². The Kier molecular flexibility index (Phi) is 14.1. The van der Waals surface area contributed by atoms with Crippen LogP contribution in [0.2, 0.25) is 0 Å². The predicted molar refractivity (Wildman–Crippen MR) is 198 cm³/mol. The van der Waals surface area contributed by atoms with Crippen LogP contribution >= 0.6 is 0 Å². The normalized spacial score (nSPS) is 25.1. The number of carbonyl (C=O) groups is 6. The molecule has 0 aromatic heterocycles. The summed E-state index contributed by atoms with van der Waals surface area (Å²) in [6.45, 7) is -1.59. The number of ether oxygens (including phenoxy) is 5. The van der Waals surface area contributed by atoms with Crippen molar-refractivity contribution < 1.29 is 93.3 Å². The standard InChI is InChI=1S/C39H42N2O19/c1-16-5-3-6-19(28(16)45)35(51)40-22-13-58-37(53)18(12-57-38(54)23(14-59-39(22)55)41-36(52)20-7-4-8-24(42)29(20)46)11-25(43)21-9-17(10-26(44)30(21)47)34-33(50)32(49)31(48)27(60-34)15-56-2/h3-10,18,22-23,27,31-34,42,44-50H,11-15H2,1-2H3,(H,40,51)(H,41,52)/t18-,22-,23-,27?,31+,32-,33?,34-/m0/s1. The number of aliphatic hydroxyl groups excluding tert-OH is 3. The van der Waals surface area contributed by atoms with Gasteiger partial charge in [0.25, 0.3) is 11.8 Å². The van der Waals surface area contributed by atoms with Gasteiger partial charge >= 0.3 is 17.9 Å². The van der Waals surface area contributed by atoms with Gasteiger partial charge in [0.05, 0.1) is 29.2 Å². The summed E-state index contributed by atoms with van der Waals surface area (Å²) in [4.78, 5) is 80.5. The minimum atomic E-state index is -1.87. The van der Waals surface area contributed by atoms with Crippen molar-refractivity contribution in [3.05, 3.63) is 76.3 Å². The third kappa shape index (κ3) is 9.84. The first kappa shape index (κ1) is 44.6. The molecule has 2 unspecified atom stereocenters. The lowest BCUT2D eigenvalue weighted by Crippen LogP contribution is -2.55. The molecule has 2 aliphatic heterocycles. The summed E-state index contributed by atoms with van der Waals surface area (Å²) in [7, 11) is 1.29. The number of Topliss-reactive ketones (excluding diaryl/α,β-unsaturated/α-hetero) is 1. The Labute approximate surface area is 339 Å². The lowest BCUT2D eigenvalue weighted by atomic mass is 9.89. The van der Waals surface area contributed by atoms with E-state index >= 15 is 0 Å². The molecule has 2 fully saturated rings. The van der Waals surface area contributed by atoms with Crippen LogP contribution in [0.5, 0.6) is 28.7 Å². The van der Waals surface area contributed by atoms with Gasteiger partial charge in [0.2, 0.25) is 0 Å². The number of hydrogen-bond acceptors (Lipinski definition) is 19. The molecule has 2 heterocycles. The summed E-state index contributed by atoms with van der Waals surface area (Å²) < 4.78 is 26.4. The number of phenolic OH excluding ortho intramolecular Hbond substituents is 5. The van der Waals surface area contributed by atoms with E-state index in [2.05, 4.69) is 10.6 Å². The van der Waals surface area contributed by atoms with Crippen molar-refractivity contribution in [2.24, 2.45) is 5.92 Å². The zero-order valence-electron chi connectivity index (χ0n) is 31.8. The second-order valence-electron chi connectivity index (χ2n) is 13.9. The van der Waals surface area contributed by atoms with Crippen LogP contribution in [0.25, 0.3) is 0 Å². The molecule has 0 bridgehead atoms. The van der Waals surface area contributed by atoms with Gasteiger partial charge in [-0.15, -0.1) is 0 Å². The highest BCUT2D eigenvalue weighted by atomic mass is 16.6. The molecule has 21 nitrogen and oxygen atoms in total. The van der Waals surface area contributed by atoms with E-state index in [4.69, 9.17) is 23.7 Å². The molecule has 0 aliphatic carbocycles. The molecule has 60 heavy (non-hydrogen) atoms. The van der Waals surface area contributed by atoms with E-state index in [0.717, 1.165) is 24.3 Å². The fourth-order valence-electron chi connectivity index (χ4n) is 6.29. The second kappa shape index (κ2) is 19.0. The molecule has 3 aromatic rings. The predicted octanol–water partition coefficient (Wildman–Crippen LogP) is -0.879. The van der Waals surface area contributed by atoms with E-state index in [1.807, 2.05) is 0 Å². The Morgan fingerprint density at radius 1 is 0.683 bits per heavy atom. The topological polar surface area (TPSA) is 334 Å². The summed E-state index contributed by atoms with van der Waals surface area (Å²) in [5.41, 5.74) is -1.28. The minimum absolute atomic E-state index is 0.158. The van der Waals surface area contributed by atoms with Gasteiger partial charge in [-0.25, -0.2) is 9.59 Å². The highest BCUT2D eigenvalue weighted by Gasteiger charge is 2.45. The largest absolute Gasteiger partial charge is 0.507 e. The van der Waals surface area contributed by atoms with E-state index in [9.17, 15) is 69.6 Å². The SMILES string of the molecule is COCC1O[C@@H](c2cc(O)c(O)c(C(=O)C[C@H]3COC(=O)[C@@H](NC(=O)c4cccc(O)c4O)COC(=O)[C@@H](NC(=O)c4cccc(C)c4O)COC3=O)c2)C(O)[C@@H](O)[C@@H]1O. The summed E-state index contributed by atoms with van der Waals surface area (Å²) in [6, 6.07) is 5.76. The molecule has 2 saturated heterocycles. The maximum atomic E-state index is 13.8. The number of ketones is 1. The summed E-state index contributed by atoms with van der Waals surface area (Å²) in [5, 5.41) is 87.8. The van der Waals surface area contributed by atoms with Crippen LogP contribution in [0.3, 0.4) is 0 Å². The molecule has 5 rings (SSSR count). The number of benzene rings is 3. The van der Waals surface area contributed by atoms with Gasteiger partial charge in [-0.1, -0.05) is 18.2 Å². The average molecular weight is 843 g/mol. The van der Waals surface area contributed by atoms with Crippen molar-refractivity contribution in [3.8, 4) is 28.7 Å². The van der Waals surface area contributed by atoms with Crippen LogP contribution in [0.4, 0.5) is 0 Å². The van der Waals surface area contributed by atoms with Crippen LogP contribution in [0.15, 0.2) is 48.5 Å². The number of rotatable bonds is 10. The Bertz CT molecular complexity index is 2080. The molecule has 10 N–H and O–H groups in total. The van der Waals surface area contributed by atoms with Gasteiger partial charge in [-0.3, -0.25) is 19.2 Å². The van der Waals surface area contributed by atoms with Crippen LogP contribution in [0, 0.1) is 12.8 Å². The van der Waals surface area contributed by atoms with Crippen molar-refractivity contribution in [3.63, 3.8) is 0 Å². The van der Waals surface area contributed by atoms with Gasteiger partial charge < -0.3 is 75.2 Å². The number of methoxy groups -OCH3 is 1. The number of aromatic hydroxyl groups is 5. The van der Waals surface area contributed by atoms with Crippen LogP contribution in [0.1, 0.15) is 54.7 Å². The second-order valence-corrected chi connectivity index (χ2v) is 13.9. The number of aliphatic hydroxyl groups is 3. The highest BCUT2D eigenvalue weighted by molar-refractivity contribution is 6.02. The van der Waals surface area contributed by atoms with E-state index in [1.165, 1.54) is 38.3 Å². The molecule has 322 valence electrons. The summed E-state index contributed by atoms with van der Waals surface area (Å²) in [5.74, 6) is -12.8. The number of cyclic esters (lactones) is 3. The Hall–Kier alpha value is -6.52. The van der Waals surface area contributed by atoms with E-state index in [0.29, 0.717) is 5.56 Å². The molecule has 2 aliphatic rings. The fraction of sp³-hybridized carbons (Fsp3) is 0.385. The number of esters is 3. The summed E-state index contributed by atoms with van der Waals surface area (Å²) >= 11 is 0. The molecular weight excluding hydrogens is 800 g/mol. The summed E-state index contributed by atoms with van der Waals surface area (Å²) in [6.07, 6.45) is -8.77. The maximum absolute atomic E-state index is 13.8. The average Bonchev–Trinajstić information content (AvgIpc) is 3.21. The Morgan fingerprint density at radius 2 is 1.23 bits per heavy atom. The minimum Gasteiger partial charge on any atom is -0.507 e. The van der Waals surface area contributed by atoms with Crippen molar-refractivity contribution in [1.29, 1.82) is 0 Å². The molecule has 0 spiro atoms. The van der Waals surface area contributed by atoms with Gasteiger partial charge in [-0.2, -0.15) is 0 Å². The van der Waals surface area contributed by atoms with Gasteiger partial charge in [0.1, 0.15) is 56.1 Å². The molecule has 21 heteroatoms. The number of carbonyl (C=O) groups excluding carboxylic acids is 6. The van der Waals surface area contributed by atoms with Crippen molar-refractivity contribution in [2.45, 2.75) is 55.9 Å². The van der Waals surface area contributed by atoms with Crippen molar-refractivity contribution >= 4 is 35.5 Å². The quantitative estimate of drug-likeness (QED) is 0.0513.